The molecule has 3 atom stereocenters. The van der Waals surface area contributed by atoms with E-state index in [1.807, 2.05) is 0 Å². The number of amides is 2. The van der Waals surface area contributed by atoms with E-state index >= 15 is 0 Å². The third-order valence-electron chi connectivity index (χ3n) is 5.15. The van der Waals surface area contributed by atoms with Gasteiger partial charge >= 0.3 is 5.97 Å². The maximum absolute atomic E-state index is 12.3. The summed E-state index contributed by atoms with van der Waals surface area (Å²) in [6, 6.07) is -0.532. The standard InChI is InChI=1S/C17H29N3O4/c1-4-19-7-5-6-13(19)10-20-9-12(8-14(20)21)16(22)18-15(11(2)3)17(23)24/h11-13,15H,4-10H2,1-3H3,(H,18,22)(H,23,24)/t12?,13?,15-/m0/s1. The topological polar surface area (TPSA) is 89.9 Å². The minimum Gasteiger partial charge on any atom is -0.480 e. The molecule has 0 aromatic heterocycles. The van der Waals surface area contributed by atoms with Crippen molar-refractivity contribution >= 4 is 17.8 Å². The average molecular weight is 339 g/mol. The van der Waals surface area contributed by atoms with Gasteiger partial charge in [-0.3, -0.25) is 14.5 Å². The summed E-state index contributed by atoms with van der Waals surface area (Å²) in [6.45, 7) is 8.74. The smallest absolute Gasteiger partial charge is 0.326 e. The van der Waals surface area contributed by atoms with Gasteiger partial charge in [-0.1, -0.05) is 20.8 Å². The number of carbonyl (C=O) groups is 3. The lowest BCUT2D eigenvalue weighted by atomic mass is 10.0. The highest BCUT2D eigenvalue weighted by Crippen LogP contribution is 2.23. The molecule has 7 nitrogen and oxygen atoms in total. The van der Waals surface area contributed by atoms with E-state index in [2.05, 4.69) is 17.1 Å². The van der Waals surface area contributed by atoms with Crippen LogP contribution in [0, 0.1) is 11.8 Å². The highest BCUT2D eigenvalue weighted by Gasteiger charge is 2.38. The second kappa shape index (κ2) is 7.96. The second-order valence-corrected chi connectivity index (χ2v) is 7.19. The molecule has 136 valence electrons. The van der Waals surface area contributed by atoms with Crippen LogP contribution in [0.3, 0.4) is 0 Å². The van der Waals surface area contributed by atoms with Crippen LogP contribution in [0.1, 0.15) is 40.0 Å². The number of likely N-dealkylation sites (N-methyl/N-ethyl adjacent to an activating group) is 1. The molecule has 0 saturated carbocycles. The van der Waals surface area contributed by atoms with Crippen molar-refractivity contribution in [3.05, 3.63) is 0 Å². The lowest BCUT2D eigenvalue weighted by molar-refractivity contribution is -0.143. The van der Waals surface area contributed by atoms with Crippen molar-refractivity contribution in [1.29, 1.82) is 0 Å². The lowest BCUT2D eigenvalue weighted by Gasteiger charge is -2.27. The molecule has 0 spiro atoms. The molecule has 2 rings (SSSR count). The number of carboxylic acids is 1. The van der Waals surface area contributed by atoms with Crippen molar-refractivity contribution in [2.75, 3.05) is 26.2 Å². The van der Waals surface area contributed by atoms with Gasteiger partial charge in [-0.15, -0.1) is 0 Å². The van der Waals surface area contributed by atoms with Crippen LogP contribution in [0.2, 0.25) is 0 Å². The first-order valence-electron chi connectivity index (χ1n) is 8.88. The fourth-order valence-corrected chi connectivity index (χ4v) is 3.68. The zero-order valence-corrected chi connectivity index (χ0v) is 14.8. The number of nitrogens with zero attached hydrogens (tertiary/aromatic N) is 2. The molecular formula is C17H29N3O4. The van der Waals surface area contributed by atoms with Gasteiger partial charge in [-0.2, -0.15) is 0 Å². The lowest BCUT2D eigenvalue weighted by Crippen LogP contribution is -2.47. The molecule has 2 fully saturated rings. The summed E-state index contributed by atoms with van der Waals surface area (Å²) in [5.41, 5.74) is 0. The molecule has 2 N–H and O–H groups in total. The van der Waals surface area contributed by atoms with E-state index in [9.17, 15) is 19.5 Å². The number of hydrogen-bond acceptors (Lipinski definition) is 4. The van der Waals surface area contributed by atoms with Crippen molar-refractivity contribution in [2.45, 2.75) is 52.1 Å². The monoisotopic (exact) mass is 339 g/mol. The molecule has 2 heterocycles. The summed E-state index contributed by atoms with van der Waals surface area (Å²) in [6.07, 6.45) is 2.41. The normalized spacial score (nSPS) is 26.2. The molecule has 2 saturated heterocycles. The number of hydrogen-bond donors (Lipinski definition) is 2. The molecule has 0 aromatic carbocycles. The van der Waals surface area contributed by atoms with Crippen molar-refractivity contribution < 1.29 is 19.5 Å². The van der Waals surface area contributed by atoms with Crippen LogP contribution in [0.5, 0.6) is 0 Å². The van der Waals surface area contributed by atoms with Gasteiger partial charge in [0.1, 0.15) is 6.04 Å². The summed E-state index contributed by atoms with van der Waals surface area (Å²) in [4.78, 5) is 40.0. The van der Waals surface area contributed by atoms with E-state index in [0.29, 0.717) is 19.1 Å². The van der Waals surface area contributed by atoms with Crippen LogP contribution < -0.4 is 5.32 Å². The Morgan fingerprint density at radius 2 is 2.08 bits per heavy atom. The Bertz CT molecular complexity index is 494. The Kier molecular flexibility index (Phi) is 6.21. The number of carbonyl (C=O) groups excluding carboxylic acids is 2. The molecule has 2 aliphatic heterocycles. The number of aliphatic carboxylic acids is 1. The van der Waals surface area contributed by atoms with Crippen molar-refractivity contribution in [2.24, 2.45) is 11.8 Å². The van der Waals surface area contributed by atoms with Crippen LogP contribution in [0.25, 0.3) is 0 Å². The van der Waals surface area contributed by atoms with Crippen molar-refractivity contribution in [1.82, 2.24) is 15.1 Å². The second-order valence-electron chi connectivity index (χ2n) is 7.19. The van der Waals surface area contributed by atoms with Gasteiger partial charge in [0.05, 0.1) is 5.92 Å². The van der Waals surface area contributed by atoms with Gasteiger partial charge in [0.2, 0.25) is 11.8 Å². The van der Waals surface area contributed by atoms with E-state index in [1.165, 1.54) is 0 Å². The number of carboxylic acid groups (broad SMARTS) is 1. The summed E-state index contributed by atoms with van der Waals surface area (Å²) < 4.78 is 0. The van der Waals surface area contributed by atoms with E-state index in [1.54, 1.807) is 18.7 Å². The molecule has 0 bridgehead atoms. The van der Waals surface area contributed by atoms with Gasteiger partial charge in [-0.25, -0.2) is 4.79 Å². The minimum atomic E-state index is -1.04. The third-order valence-corrected chi connectivity index (χ3v) is 5.15. The number of rotatable bonds is 7. The van der Waals surface area contributed by atoms with Crippen LogP contribution in [0.4, 0.5) is 0 Å². The highest BCUT2D eigenvalue weighted by atomic mass is 16.4. The van der Waals surface area contributed by atoms with Crippen LogP contribution in [-0.4, -0.2) is 71.0 Å². The zero-order valence-electron chi connectivity index (χ0n) is 14.8. The Labute approximate surface area is 143 Å². The Hall–Kier alpha value is -1.63. The van der Waals surface area contributed by atoms with Crippen LogP contribution >= 0.6 is 0 Å². The van der Waals surface area contributed by atoms with E-state index < -0.39 is 17.9 Å². The predicted octanol–water partition coefficient (Wildman–Crippen LogP) is 0.545. The fraction of sp³-hybridized carbons (Fsp3) is 0.824. The molecule has 2 aliphatic rings. The van der Waals surface area contributed by atoms with Crippen molar-refractivity contribution in [3.63, 3.8) is 0 Å². The number of likely N-dealkylation sites (tertiary alicyclic amines) is 2. The Morgan fingerprint density at radius 3 is 2.67 bits per heavy atom. The highest BCUT2D eigenvalue weighted by molar-refractivity contribution is 5.91. The van der Waals surface area contributed by atoms with E-state index in [4.69, 9.17) is 0 Å². The summed E-state index contributed by atoms with van der Waals surface area (Å²) in [5, 5.41) is 11.8. The van der Waals surface area contributed by atoms with E-state index in [0.717, 1.165) is 25.9 Å². The zero-order chi connectivity index (χ0) is 17.9. The van der Waals surface area contributed by atoms with Crippen LogP contribution in [0.15, 0.2) is 0 Å². The van der Waals surface area contributed by atoms with Crippen LogP contribution in [-0.2, 0) is 14.4 Å². The molecule has 0 radical (unpaired) electrons. The molecule has 24 heavy (non-hydrogen) atoms. The maximum atomic E-state index is 12.3. The van der Waals surface area contributed by atoms with Gasteiger partial charge < -0.3 is 15.3 Å². The third kappa shape index (κ3) is 4.26. The molecule has 7 heteroatoms. The molecule has 2 amide bonds. The molecule has 2 unspecified atom stereocenters. The SMILES string of the molecule is CCN1CCCC1CN1CC(C(=O)N[C@H](C(=O)O)C(C)C)CC1=O. The first-order chi connectivity index (χ1) is 11.3. The molecular weight excluding hydrogens is 310 g/mol. The van der Waals surface area contributed by atoms with Crippen molar-refractivity contribution in [3.8, 4) is 0 Å². The van der Waals surface area contributed by atoms with Gasteiger partial charge in [0, 0.05) is 25.6 Å². The largest absolute Gasteiger partial charge is 0.480 e. The minimum absolute atomic E-state index is 0.00507. The van der Waals surface area contributed by atoms with Gasteiger partial charge in [-0.05, 0) is 31.8 Å². The summed E-state index contributed by atoms with van der Waals surface area (Å²) in [5.74, 6) is -2.02. The first-order valence-corrected chi connectivity index (χ1v) is 8.88. The number of nitrogens with one attached hydrogen (secondary N) is 1. The molecule has 0 aliphatic carbocycles. The average Bonchev–Trinajstić information content (AvgIpc) is 3.11. The fourth-order valence-electron chi connectivity index (χ4n) is 3.68. The van der Waals surface area contributed by atoms with E-state index in [-0.39, 0.29) is 24.2 Å². The quantitative estimate of drug-likeness (QED) is 0.707. The Balaban J connectivity index is 1.91. The first kappa shape index (κ1) is 18.7. The van der Waals surface area contributed by atoms with Gasteiger partial charge in [0.25, 0.3) is 0 Å². The summed E-state index contributed by atoms with van der Waals surface area (Å²) >= 11 is 0. The predicted molar refractivity (Wildman–Crippen MR) is 89.4 cm³/mol. The molecule has 0 aromatic rings. The maximum Gasteiger partial charge on any atom is 0.326 e. The Morgan fingerprint density at radius 1 is 1.38 bits per heavy atom. The summed E-state index contributed by atoms with van der Waals surface area (Å²) in [7, 11) is 0. The van der Waals surface area contributed by atoms with Gasteiger partial charge in [0.15, 0.2) is 0 Å².